The highest BCUT2D eigenvalue weighted by Crippen LogP contribution is 2.28. The van der Waals surface area contributed by atoms with Gasteiger partial charge in [0.1, 0.15) is 5.84 Å². The Bertz CT molecular complexity index is 262. The molecule has 0 aromatic rings. The maximum Gasteiger partial charge on any atom is 0.144 e. The zero-order chi connectivity index (χ0) is 12.9. The Morgan fingerprint density at radius 2 is 2.06 bits per heavy atom. The van der Waals surface area contributed by atoms with Gasteiger partial charge in [-0.05, 0) is 32.2 Å². The Labute approximate surface area is 103 Å². The zero-order valence-corrected chi connectivity index (χ0v) is 10.9. The van der Waals surface area contributed by atoms with Gasteiger partial charge in [-0.3, -0.25) is 4.90 Å². The molecular formula is C12H25N3O2. The summed E-state index contributed by atoms with van der Waals surface area (Å²) in [7, 11) is 0. The summed E-state index contributed by atoms with van der Waals surface area (Å²) in [6.07, 6.45) is 4.39. The predicted octanol–water partition coefficient (Wildman–Crippen LogP) is 0.996. The minimum Gasteiger partial charge on any atom is -0.409 e. The lowest BCUT2D eigenvalue weighted by atomic mass is 9.86. The first kappa shape index (κ1) is 14.3. The van der Waals surface area contributed by atoms with Gasteiger partial charge in [-0.1, -0.05) is 19.0 Å². The topological polar surface area (TPSA) is 82.1 Å². The molecule has 4 N–H and O–H groups in total. The van der Waals surface area contributed by atoms with E-state index in [1.54, 1.807) is 0 Å². The lowest BCUT2D eigenvalue weighted by Gasteiger charge is -2.26. The van der Waals surface area contributed by atoms with Crippen LogP contribution in [-0.2, 0) is 0 Å². The van der Waals surface area contributed by atoms with Gasteiger partial charge in [0, 0.05) is 18.0 Å². The van der Waals surface area contributed by atoms with Crippen molar-refractivity contribution in [1.29, 1.82) is 0 Å². The van der Waals surface area contributed by atoms with Crippen LogP contribution < -0.4 is 5.73 Å². The van der Waals surface area contributed by atoms with Gasteiger partial charge in [0.2, 0.25) is 0 Å². The molecule has 0 bridgehead atoms. The normalized spacial score (nSPS) is 17.8. The highest BCUT2D eigenvalue weighted by atomic mass is 16.4. The van der Waals surface area contributed by atoms with Crippen molar-refractivity contribution in [2.24, 2.45) is 16.3 Å². The predicted molar refractivity (Wildman–Crippen MR) is 68.1 cm³/mol. The van der Waals surface area contributed by atoms with Crippen molar-refractivity contribution in [3.63, 3.8) is 0 Å². The van der Waals surface area contributed by atoms with Gasteiger partial charge in [0.15, 0.2) is 0 Å². The van der Waals surface area contributed by atoms with E-state index in [2.05, 4.69) is 10.1 Å². The number of oxime groups is 1. The Morgan fingerprint density at radius 1 is 1.41 bits per heavy atom. The number of nitrogens with two attached hydrogens (primary N) is 1. The van der Waals surface area contributed by atoms with Crippen LogP contribution in [0.3, 0.4) is 0 Å². The summed E-state index contributed by atoms with van der Waals surface area (Å²) in [5.41, 5.74) is 5.38. The van der Waals surface area contributed by atoms with Crippen LogP contribution in [0.2, 0.25) is 0 Å². The van der Waals surface area contributed by atoms with Crippen molar-refractivity contribution in [1.82, 2.24) is 4.90 Å². The number of hydrogen-bond acceptors (Lipinski definition) is 4. The summed E-state index contributed by atoms with van der Waals surface area (Å²) >= 11 is 0. The SMILES string of the molecule is CC(C)(CCCN(CCO)C1CC1)C(N)=NO. The van der Waals surface area contributed by atoms with Crippen molar-refractivity contribution in [2.45, 2.75) is 45.6 Å². The first-order valence-corrected chi connectivity index (χ1v) is 6.34. The highest BCUT2D eigenvalue weighted by Gasteiger charge is 2.29. The zero-order valence-electron chi connectivity index (χ0n) is 10.9. The molecule has 0 aromatic carbocycles. The van der Waals surface area contributed by atoms with E-state index < -0.39 is 0 Å². The van der Waals surface area contributed by atoms with E-state index in [1.165, 1.54) is 12.8 Å². The Kier molecular flexibility index (Phi) is 5.21. The quantitative estimate of drug-likeness (QED) is 0.257. The molecule has 1 aliphatic carbocycles. The van der Waals surface area contributed by atoms with Crippen LogP contribution in [0.4, 0.5) is 0 Å². The van der Waals surface area contributed by atoms with Crippen LogP contribution in [0, 0.1) is 5.41 Å². The smallest absolute Gasteiger partial charge is 0.144 e. The average Bonchev–Trinajstić information content (AvgIpc) is 3.10. The van der Waals surface area contributed by atoms with Gasteiger partial charge in [-0.25, -0.2) is 0 Å². The summed E-state index contributed by atoms with van der Waals surface area (Å²) in [4.78, 5) is 2.34. The average molecular weight is 243 g/mol. The van der Waals surface area contributed by atoms with E-state index in [0.29, 0.717) is 6.04 Å². The van der Waals surface area contributed by atoms with Gasteiger partial charge in [0.25, 0.3) is 0 Å². The third kappa shape index (κ3) is 4.52. The Balaban J connectivity index is 2.30. The van der Waals surface area contributed by atoms with Crippen LogP contribution in [0.5, 0.6) is 0 Å². The molecule has 17 heavy (non-hydrogen) atoms. The van der Waals surface area contributed by atoms with Crippen LogP contribution in [0.25, 0.3) is 0 Å². The molecule has 0 aliphatic heterocycles. The summed E-state index contributed by atoms with van der Waals surface area (Å²) < 4.78 is 0. The van der Waals surface area contributed by atoms with E-state index in [1.807, 2.05) is 13.8 Å². The maximum absolute atomic E-state index is 8.98. The molecule has 1 aliphatic rings. The molecule has 0 atom stereocenters. The van der Waals surface area contributed by atoms with E-state index in [-0.39, 0.29) is 17.9 Å². The molecule has 1 fully saturated rings. The third-order valence-corrected chi connectivity index (χ3v) is 3.50. The minimum atomic E-state index is -0.261. The minimum absolute atomic E-state index is 0.222. The van der Waals surface area contributed by atoms with Crippen LogP contribution in [0.1, 0.15) is 39.5 Å². The fourth-order valence-electron chi connectivity index (χ4n) is 2.03. The fourth-order valence-corrected chi connectivity index (χ4v) is 2.03. The van der Waals surface area contributed by atoms with E-state index in [0.717, 1.165) is 25.9 Å². The first-order valence-electron chi connectivity index (χ1n) is 6.34. The molecule has 5 nitrogen and oxygen atoms in total. The van der Waals surface area contributed by atoms with Gasteiger partial charge in [0.05, 0.1) is 6.61 Å². The summed E-state index contributed by atoms with van der Waals surface area (Å²) in [6.45, 7) is 5.92. The van der Waals surface area contributed by atoms with Crippen LogP contribution in [0.15, 0.2) is 5.16 Å². The molecule has 5 heteroatoms. The van der Waals surface area contributed by atoms with E-state index in [4.69, 9.17) is 16.0 Å². The molecule has 0 radical (unpaired) electrons. The summed E-state index contributed by atoms with van der Waals surface area (Å²) in [6, 6.07) is 0.675. The lowest BCUT2D eigenvalue weighted by Crippen LogP contribution is -2.34. The van der Waals surface area contributed by atoms with Gasteiger partial charge >= 0.3 is 0 Å². The largest absolute Gasteiger partial charge is 0.409 e. The van der Waals surface area contributed by atoms with Crippen molar-refractivity contribution in [3.05, 3.63) is 0 Å². The standard InChI is InChI=1S/C12H25N3O2/c1-12(2,11(13)14-17)6-3-7-15(8-9-16)10-4-5-10/h10,16-17H,3-9H2,1-2H3,(H2,13,14). The third-order valence-electron chi connectivity index (χ3n) is 3.50. The second-order valence-corrected chi connectivity index (χ2v) is 5.46. The summed E-state index contributed by atoms with van der Waals surface area (Å²) in [5, 5.41) is 20.7. The fraction of sp³-hybridized carbons (Fsp3) is 0.917. The van der Waals surface area contributed by atoms with Crippen LogP contribution >= 0.6 is 0 Å². The van der Waals surface area contributed by atoms with Crippen molar-refractivity contribution in [2.75, 3.05) is 19.7 Å². The molecule has 0 spiro atoms. The molecule has 0 saturated heterocycles. The summed E-state index contributed by atoms with van der Waals surface area (Å²) in [5.74, 6) is 0.289. The molecule has 1 saturated carbocycles. The van der Waals surface area contributed by atoms with E-state index >= 15 is 0 Å². The monoisotopic (exact) mass is 243 g/mol. The molecule has 0 amide bonds. The second kappa shape index (κ2) is 6.21. The highest BCUT2D eigenvalue weighted by molar-refractivity contribution is 5.85. The second-order valence-electron chi connectivity index (χ2n) is 5.46. The van der Waals surface area contributed by atoms with E-state index in [9.17, 15) is 0 Å². The molecule has 0 aromatic heterocycles. The number of hydrogen-bond donors (Lipinski definition) is 3. The lowest BCUT2D eigenvalue weighted by molar-refractivity contribution is 0.183. The number of nitrogens with zero attached hydrogens (tertiary/aromatic N) is 2. The van der Waals surface area contributed by atoms with Crippen LogP contribution in [-0.4, -0.2) is 46.8 Å². The number of rotatable bonds is 8. The molecule has 0 unspecified atom stereocenters. The molecule has 1 rings (SSSR count). The molecular weight excluding hydrogens is 218 g/mol. The Hall–Kier alpha value is -0.810. The molecule has 100 valence electrons. The van der Waals surface area contributed by atoms with Crippen molar-refractivity contribution >= 4 is 5.84 Å². The molecule has 0 heterocycles. The van der Waals surface area contributed by atoms with Gasteiger partial charge < -0.3 is 16.0 Å². The van der Waals surface area contributed by atoms with Crippen molar-refractivity contribution < 1.29 is 10.3 Å². The van der Waals surface area contributed by atoms with Gasteiger partial charge in [-0.2, -0.15) is 0 Å². The Morgan fingerprint density at radius 3 is 2.53 bits per heavy atom. The number of amidine groups is 1. The maximum atomic E-state index is 8.98. The first-order chi connectivity index (χ1) is 8.01. The number of aliphatic hydroxyl groups is 1. The van der Waals surface area contributed by atoms with Gasteiger partial charge in [-0.15, -0.1) is 0 Å². The number of aliphatic hydroxyl groups excluding tert-OH is 1. The van der Waals surface area contributed by atoms with Crippen molar-refractivity contribution in [3.8, 4) is 0 Å².